The van der Waals surface area contributed by atoms with Gasteiger partial charge in [-0.2, -0.15) is 15.3 Å². The second-order valence-electron chi connectivity index (χ2n) is 6.72. The fourth-order valence-corrected chi connectivity index (χ4v) is 3.29. The monoisotopic (exact) mass is 410 g/mol. The van der Waals surface area contributed by atoms with Gasteiger partial charge in [0.15, 0.2) is 5.82 Å². The molecule has 1 aromatic carbocycles. The molecule has 1 saturated heterocycles. The molecule has 0 amide bonds. The number of benzene rings is 1. The number of hydrogen-bond donors (Lipinski definition) is 1. The van der Waals surface area contributed by atoms with E-state index in [-0.39, 0.29) is 28.0 Å². The number of nitro benzene ring substituents is 1. The minimum atomic E-state index is -0.368. The average molecular weight is 410 g/mol. The summed E-state index contributed by atoms with van der Waals surface area (Å²) in [5.74, 6) is 1.26. The summed E-state index contributed by atoms with van der Waals surface area (Å²) in [6, 6.07) is 6.82. The van der Waals surface area contributed by atoms with E-state index >= 15 is 0 Å². The van der Waals surface area contributed by atoms with Crippen LogP contribution in [0.4, 0.5) is 17.5 Å². The van der Waals surface area contributed by atoms with Crippen molar-refractivity contribution < 1.29 is 9.66 Å². The highest BCUT2D eigenvalue weighted by molar-refractivity contribution is 5.92. The normalized spacial score (nSPS) is 13.3. The van der Waals surface area contributed by atoms with Gasteiger partial charge in [-0.05, 0) is 25.3 Å². The Labute approximate surface area is 172 Å². The molecule has 0 saturated carbocycles. The second kappa shape index (κ2) is 9.04. The number of nitrogens with zero attached hydrogens (tertiary/aromatic N) is 7. The van der Waals surface area contributed by atoms with E-state index in [1.54, 1.807) is 16.8 Å². The highest BCUT2D eigenvalue weighted by Crippen LogP contribution is 2.30. The Morgan fingerprint density at radius 1 is 1.30 bits per heavy atom. The Hall–Kier alpha value is -3.94. The lowest BCUT2D eigenvalue weighted by Gasteiger charge is -2.26. The fourth-order valence-electron chi connectivity index (χ4n) is 3.29. The van der Waals surface area contributed by atoms with Crippen LogP contribution < -0.4 is 15.4 Å². The van der Waals surface area contributed by atoms with Gasteiger partial charge in [0.2, 0.25) is 11.8 Å². The van der Waals surface area contributed by atoms with Crippen molar-refractivity contribution in [3.05, 3.63) is 40.1 Å². The number of nitrogen functional groups attached to an aromatic ring is 1. The summed E-state index contributed by atoms with van der Waals surface area (Å²) in [6.45, 7) is 2.03. The standard InChI is InChI=1S/C13H16N4O2.C6H6N4O/c1-15-12-9-10(17(18)19)5-6-11(12)13(14-15)16-7-3-2-4-8-16;1-11-5-4(2-7)3-9-6(8)10-5/h5-6,9H,2-4,7-8H2,1H3;3H,1H3,(H2,8,9,10). The zero-order valence-corrected chi connectivity index (χ0v) is 16.8. The zero-order chi connectivity index (χ0) is 21.7. The van der Waals surface area contributed by atoms with Gasteiger partial charge in [0.05, 0.1) is 23.7 Å². The van der Waals surface area contributed by atoms with Crippen LogP contribution in [-0.2, 0) is 7.05 Å². The number of piperidine rings is 1. The predicted molar refractivity (Wildman–Crippen MR) is 111 cm³/mol. The molecular weight excluding hydrogens is 388 g/mol. The van der Waals surface area contributed by atoms with E-state index in [0.717, 1.165) is 29.8 Å². The predicted octanol–water partition coefficient (Wildman–Crippen LogP) is 2.41. The number of nitro groups is 1. The first-order valence-electron chi connectivity index (χ1n) is 9.37. The Morgan fingerprint density at radius 2 is 2.03 bits per heavy atom. The molecule has 30 heavy (non-hydrogen) atoms. The van der Waals surface area contributed by atoms with E-state index < -0.39 is 0 Å². The quantitative estimate of drug-likeness (QED) is 0.507. The van der Waals surface area contributed by atoms with Gasteiger partial charge in [0.1, 0.15) is 11.6 Å². The molecule has 0 atom stereocenters. The summed E-state index contributed by atoms with van der Waals surface area (Å²) in [4.78, 5) is 20.0. The molecule has 0 radical (unpaired) electrons. The third-order valence-corrected chi connectivity index (χ3v) is 4.77. The van der Waals surface area contributed by atoms with Crippen molar-refractivity contribution in [1.29, 1.82) is 5.26 Å². The van der Waals surface area contributed by atoms with Gasteiger partial charge >= 0.3 is 0 Å². The van der Waals surface area contributed by atoms with Gasteiger partial charge < -0.3 is 15.4 Å². The molecule has 11 heteroatoms. The van der Waals surface area contributed by atoms with Crippen molar-refractivity contribution in [1.82, 2.24) is 19.7 Å². The van der Waals surface area contributed by atoms with Crippen molar-refractivity contribution in [2.24, 2.45) is 7.05 Å². The molecule has 3 heterocycles. The largest absolute Gasteiger partial charge is 0.480 e. The van der Waals surface area contributed by atoms with E-state index in [1.807, 2.05) is 19.2 Å². The first-order valence-corrected chi connectivity index (χ1v) is 9.37. The number of nitrogens with two attached hydrogens (primary N) is 1. The number of methoxy groups -OCH3 is 1. The SMILES string of the molecule is COc1nc(N)ncc1C#N.Cn1nc(N2CCCCC2)c2ccc([N+](=O)[O-])cc21. The second-order valence-corrected chi connectivity index (χ2v) is 6.72. The van der Waals surface area contributed by atoms with E-state index in [9.17, 15) is 10.1 Å². The number of aromatic nitrogens is 4. The van der Waals surface area contributed by atoms with Crippen LogP contribution >= 0.6 is 0 Å². The summed E-state index contributed by atoms with van der Waals surface area (Å²) >= 11 is 0. The number of non-ortho nitro benzene ring substituents is 1. The van der Waals surface area contributed by atoms with Crippen LogP contribution in [0.15, 0.2) is 24.4 Å². The van der Waals surface area contributed by atoms with Crippen molar-refractivity contribution >= 4 is 28.4 Å². The summed E-state index contributed by atoms with van der Waals surface area (Å²) in [7, 11) is 3.25. The Balaban J connectivity index is 0.000000199. The Morgan fingerprint density at radius 3 is 2.67 bits per heavy atom. The lowest BCUT2D eigenvalue weighted by Crippen LogP contribution is -2.29. The van der Waals surface area contributed by atoms with Gasteiger partial charge in [-0.15, -0.1) is 0 Å². The maximum absolute atomic E-state index is 10.8. The number of hydrogen-bond acceptors (Lipinski definition) is 9. The number of aryl methyl sites for hydroxylation is 1. The molecule has 2 N–H and O–H groups in total. The number of nitriles is 1. The molecule has 1 aliphatic rings. The third-order valence-electron chi connectivity index (χ3n) is 4.77. The molecular formula is C19H22N8O3. The van der Waals surface area contributed by atoms with Crippen LogP contribution in [0.25, 0.3) is 10.9 Å². The zero-order valence-electron chi connectivity index (χ0n) is 16.8. The molecule has 11 nitrogen and oxygen atoms in total. The summed E-state index contributed by atoms with van der Waals surface area (Å²) in [5.41, 5.74) is 6.45. The smallest absolute Gasteiger partial charge is 0.271 e. The minimum absolute atomic E-state index is 0.0980. The molecule has 3 aromatic rings. The molecule has 0 unspecified atom stereocenters. The Bertz CT molecular complexity index is 1100. The van der Waals surface area contributed by atoms with Gasteiger partial charge in [-0.1, -0.05) is 0 Å². The molecule has 0 spiro atoms. The highest BCUT2D eigenvalue weighted by atomic mass is 16.6. The van der Waals surface area contributed by atoms with Crippen molar-refractivity contribution in [2.75, 3.05) is 30.8 Å². The fraction of sp³-hybridized carbons (Fsp3) is 0.368. The maximum Gasteiger partial charge on any atom is 0.271 e. The van der Waals surface area contributed by atoms with Crippen molar-refractivity contribution in [2.45, 2.75) is 19.3 Å². The van der Waals surface area contributed by atoms with Gasteiger partial charge in [-0.3, -0.25) is 14.8 Å². The molecule has 156 valence electrons. The van der Waals surface area contributed by atoms with Gasteiger partial charge in [-0.25, -0.2) is 4.98 Å². The number of rotatable bonds is 3. The van der Waals surface area contributed by atoms with Crippen molar-refractivity contribution in [3.8, 4) is 11.9 Å². The number of fused-ring (bicyclic) bond motifs is 1. The number of anilines is 2. The molecule has 1 fully saturated rings. The molecule has 0 aliphatic carbocycles. The summed E-state index contributed by atoms with van der Waals surface area (Å²) < 4.78 is 6.49. The summed E-state index contributed by atoms with van der Waals surface area (Å²) in [5, 5.41) is 24.8. The topological polar surface area (TPSA) is 149 Å². The lowest BCUT2D eigenvalue weighted by atomic mass is 10.1. The van der Waals surface area contributed by atoms with Crippen LogP contribution in [0, 0.1) is 21.4 Å². The first kappa shape index (κ1) is 20.8. The Kier molecular flexibility index (Phi) is 6.26. The van der Waals surface area contributed by atoms with Crippen LogP contribution in [0.3, 0.4) is 0 Å². The number of ether oxygens (including phenoxy) is 1. The van der Waals surface area contributed by atoms with E-state index in [0.29, 0.717) is 0 Å². The third kappa shape index (κ3) is 4.38. The highest BCUT2D eigenvalue weighted by Gasteiger charge is 2.19. The molecule has 0 bridgehead atoms. The van der Waals surface area contributed by atoms with Crippen LogP contribution in [0.5, 0.6) is 5.88 Å². The van der Waals surface area contributed by atoms with Crippen LogP contribution in [0.1, 0.15) is 24.8 Å². The van der Waals surface area contributed by atoms with Gasteiger partial charge in [0.25, 0.3) is 5.69 Å². The van der Waals surface area contributed by atoms with Crippen LogP contribution in [0.2, 0.25) is 0 Å². The van der Waals surface area contributed by atoms with E-state index in [4.69, 9.17) is 15.7 Å². The molecule has 1 aliphatic heterocycles. The van der Waals surface area contributed by atoms with Crippen LogP contribution in [-0.4, -0.2) is 44.9 Å². The van der Waals surface area contributed by atoms with E-state index in [2.05, 4.69) is 20.0 Å². The molecule has 2 aromatic heterocycles. The average Bonchev–Trinajstić information content (AvgIpc) is 3.10. The van der Waals surface area contributed by atoms with Crippen molar-refractivity contribution in [3.63, 3.8) is 0 Å². The summed E-state index contributed by atoms with van der Waals surface area (Å²) in [6.07, 6.45) is 4.96. The first-order chi connectivity index (χ1) is 14.4. The minimum Gasteiger partial charge on any atom is -0.480 e. The van der Waals surface area contributed by atoms with Gasteiger partial charge in [0, 0.05) is 37.7 Å². The maximum atomic E-state index is 10.8. The van der Waals surface area contributed by atoms with E-state index in [1.165, 1.54) is 32.6 Å². The molecule has 4 rings (SSSR count). The lowest BCUT2D eigenvalue weighted by molar-refractivity contribution is -0.384.